The lowest BCUT2D eigenvalue weighted by atomic mass is 10.0. The third-order valence-corrected chi connectivity index (χ3v) is 2.89. The van der Waals surface area contributed by atoms with Crippen LogP contribution in [0.5, 0.6) is 5.88 Å². The molecule has 1 atom stereocenters. The van der Waals surface area contributed by atoms with Crippen molar-refractivity contribution in [1.29, 1.82) is 0 Å². The zero-order valence-corrected chi connectivity index (χ0v) is 13.5. The number of carbonyl (C=O) groups is 1. The highest BCUT2D eigenvalue weighted by molar-refractivity contribution is 5.90. The van der Waals surface area contributed by atoms with Crippen molar-refractivity contribution in [2.24, 2.45) is 5.92 Å². The second-order valence-electron chi connectivity index (χ2n) is 5.75. The molecular formula is C15H26N4O2. The van der Waals surface area contributed by atoms with Gasteiger partial charge in [0.25, 0.3) is 0 Å². The van der Waals surface area contributed by atoms with E-state index in [0.29, 0.717) is 17.5 Å². The lowest BCUT2D eigenvalue weighted by Gasteiger charge is -2.24. The second kappa shape index (κ2) is 8.46. The summed E-state index contributed by atoms with van der Waals surface area (Å²) >= 11 is 0. The molecule has 1 aromatic heterocycles. The number of carbonyl (C=O) groups excluding carboxylic acids is 1. The molecule has 0 saturated carbocycles. The Kier molecular flexibility index (Phi) is 6.94. The van der Waals surface area contributed by atoms with E-state index in [0.717, 1.165) is 13.0 Å². The van der Waals surface area contributed by atoms with Crippen LogP contribution in [-0.4, -0.2) is 49.7 Å². The zero-order chi connectivity index (χ0) is 15.8. The summed E-state index contributed by atoms with van der Waals surface area (Å²) in [5.74, 6) is 0.920. The average Bonchev–Trinajstić information content (AvgIpc) is 2.37. The molecule has 0 fully saturated rings. The number of pyridine rings is 1. The van der Waals surface area contributed by atoms with Gasteiger partial charge >= 0.3 is 6.03 Å². The number of nitrogens with zero attached hydrogens (tertiary/aromatic N) is 2. The highest BCUT2D eigenvalue weighted by Gasteiger charge is 2.16. The topological polar surface area (TPSA) is 66.5 Å². The van der Waals surface area contributed by atoms with Gasteiger partial charge in [0.05, 0.1) is 7.11 Å². The van der Waals surface area contributed by atoms with Crippen LogP contribution in [0.4, 0.5) is 10.5 Å². The molecule has 0 saturated heterocycles. The van der Waals surface area contributed by atoms with Crippen molar-refractivity contribution < 1.29 is 9.53 Å². The lowest BCUT2D eigenvalue weighted by Crippen LogP contribution is -2.44. The number of hydrogen-bond donors (Lipinski definition) is 2. The lowest BCUT2D eigenvalue weighted by molar-refractivity contribution is 0.240. The van der Waals surface area contributed by atoms with E-state index >= 15 is 0 Å². The number of aromatic nitrogens is 1. The predicted octanol–water partition coefficient (Wildman–Crippen LogP) is 2.19. The second-order valence-corrected chi connectivity index (χ2v) is 5.75. The predicted molar refractivity (Wildman–Crippen MR) is 84.7 cm³/mol. The standard InChI is InChI=1S/C15H26N4O2/c1-11(2)9-12(10-19(3)4)17-15(20)18-13-7-6-8-16-14(13)21-5/h6-8,11-12H,9-10H2,1-5H3,(H2,17,18,20). The first-order valence-corrected chi connectivity index (χ1v) is 7.13. The molecule has 0 spiro atoms. The minimum Gasteiger partial charge on any atom is -0.480 e. The summed E-state index contributed by atoms with van der Waals surface area (Å²) < 4.78 is 5.12. The summed E-state index contributed by atoms with van der Waals surface area (Å²) in [7, 11) is 5.52. The monoisotopic (exact) mass is 294 g/mol. The number of ether oxygens (including phenoxy) is 1. The number of rotatable bonds is 7. The van der Waals surface area contributed by atoms with Crippen molar-refractivity contribution in [3.8, 4) is 5.88 Å². The molecule has 0 radical (unpaired) electrons. The highest BCUT2D eigenvalue weighted by Crippen LogP contribution is 2.19. The molecule has 1 rings (SSSR count). The SMILES string of the molecule is COc1ncccc1NC(=O)NC(CC(C)C)CN(C)C. The van der Waals surface area contributed by atoms with E-state index in [9.17, 15) is 4.79 Å². The van der Waals surface area contributed by atoms with Gasteiger partial charge in [0.15, 0.2) is 0 Å². The van der Waals surface area contributed by atoms with Gasteiger partial charge in [0.2, 0.25) is 5.88 Å². The van der Waals surface area contributed by atoms with E-state index < -0.39 is 0 Å². The Balaban J connectivity index is 2.64. The van der Waals surface area contributed by atoms with Crippen molar-refractivity contribution in [2.75, 3.05) is 33.1 Å². The minimum absolute atomic E-state index is 0.0997. The summed E-state index contributed by atoms with van der Waals surface area (Å²) in [6.45, 7) is 5.09. The molecule has 0 bridgehead atoms. The summed E-state index contributed by atoms with van der Waals surface area (Å²) in [5.41, 5.74) is 0.561. The first-order chi connectivity index (χ1) is 9.92. The van der Waals surface area contributed by atoms with Crippen LogP contribution >= 0.6 is 0 Å². The molecular weight excluding hydrogens is 268 g/mol. The molecule has 2 amide bonds. The number of methoxy groups -OCH3 is 1. The van der Waals surface area contributed by atoms with Gasteiger partial charge in [-0.1, -0.05) is 13.8 Å². The summed E-state index contributed by atoms with van der Waals surface area (Å²) in [6, 6.07) is 3.37. The van der Waals surface area contributed by atoms with Gasteiger partial charge in [0, 0.05) is 18.8 Å². The van der Waals surface area contributed by atoms with E-state index in [1.165, 1.54) is 7.11 Å². The van der Waals surface area contributed by atoms with Crippen LogP contribution in [-0.2, 0) is 0 Å². The van der Waals surface area contributed by atoms with E-state index in [1.54, 1.807) is 18.3 Å². The Morgan fingerprint density at radius 1 is 1.43 bits per heavy atom. The van der Waals surface area contributed by atoms with Gasteiger partial charge in [-0.3, -0.25) is 0 Å². The number of urea groups is 1. The molecule has 1 unspecified atom stereocenters. The van der Waals surface area contributed by atoms with Crippen LogP contribution in [0.3, 0.4) is 0 Å². The smallest absolute Gasteiger partial charge is 0.319 e. The largest absolute Gasteiger partial charge is 0.480 e. The molecule has 0 aliphatic heterocycles. The first-order valence-electron chi connectivity index (χ1n) is 7.13. The minimum atomic E-state index is -0.242. The van der Waals surface area contributed by atoms with Crippen LogP contribution in [0.15, 0.2) is 18.3 Å². The van der Waals surface area contributed by atoms with Crippen molar-refractivity contribution in [3.63, 3.8) is 0 Å². The van der Waals surface area contributed by atoms with E-state index in [4.69, 9.17) is 4.74 Å². The average molecular weight is 294 g/mol. The first kappa shape index (κ1) is 17.2. The van der Waals surface area contributed by atoms with Gasteiger partial charge < -0.3 is 20.3 Å². The van der Waals surface area contributed by atoms with Gasteiger partial charge in [-0.2, -0.15) is 0 Å². The maximum absolute atomic E-state index is 12.1. The fourth-order valence-corrected chi connectivity index (χ4v) is 2.18. The Bertz CT molecular complexity index is 439. The maximum Gasteiger partial charge on any atom is 0.319 e. The van der Waals surface area contributed by atoms with Crippen molar-refractivity contribution in [1.82, 2.24) is 15.2 Å². The van der Waals surface area contributed by atoms with Crippen LogP contribution in [0.25, 0.3) is 0 Å². The molecule has 0 aliphatic rings. The van der Waals surface area contributed by atoms with Crippen molar-refractivity contribution in [2.45, 2.75) is 26.3 Å². The van der Waals surface area contributed by atoms with Gasteiger partial charge in [-0.25, -0.2) is 9.78 Å². The van der Waals surface area contributed by atoms with Gasteiger partial charge in [-0.05, 0) is 38.6 Å². The number of anilines is 1. The highest BCUT2D eigenvalue weighted by atomic mass is 16.5. The Morgan fingerprint density at radius 3 is 2.71 bits per heavy atom. The molecule has 2 N–H and O–H groups in total. The number of amides is 2. The van der Waals surface area contributed by atoms with Crippen molar-refractivity contribution >= 4 is 11.7 Å². The normalized spacial score (nSPS) is 12.3. The van der Waals surface area contributed by atoms with Crippen LogP contribution in [0, 0.1) is 5.92 Å². The summed E-state index contributed by atoms with van der Waals surface area (Å²) in [4.78, 5) is 18.3. The third-order valence-electron chi connectivity index (χ3n) is 2.89. The maximum atomic E-state index is 12.1. The van der Waals surface area contributed by atoms with Crippen LogP contribution in [0.1, 0.15) is 20.3 Å². The van der Waals surface area contributed by atoms with Gasteiger partial charge in [-0.15, -0.1) is 0 Å². The molecule has 118 valence electrons. The van der Waals surface area contributed by atoms with Crippen molar-refractivity contribution in [3.05, 3.63) is 18.3 Å². The van der Waals surface area contributed by atoms with E-state index in [-0.39, 0.29) is 12.1 Å². The number of hydrogen-bond acceptors (Lipinski definition) is 4. The number of likely N-dealkylation sites (N-methyl/N-ethyl adjacent to an activating group) is 1. The molecule has 6 nitrogen and oxygen atoms in total. The number of nitrogens with one attached hydrogen (secondary N) is 2. The zero-order valence-electron chi connectivity index (χ0n) is 13.5. The van der Waals surface area contributed by atoms with Crippen LogP contribution in [0.2, 0.25) is 0 Å². The third kappa shape index (κ3) is 6.44. The van der Waals surface area contributed by atoms with E-state index in [2.05, 4.69) is 34.4 Å². The summed E-state index contributed by atoms with van der Waals surface area (Å²) in [6.07, 6.45) is 2.55. The Hall–Kier alpha value is -1.82. The molecule has 1 aromatic rings. The van der Waals surface area contributed by atoms with E-state index in [1.807, 2.05) is 14.1 Å². The quantitative estimate of drug-likeness (QED) is 0.809. The summed E-state index contributed by atoms with van der Waals surface area (Å²) in [5, 5.41) is 5.79. The molecule has 6 heteroatoms. The fraction of sp³-hybridized carbons (Fsp3) is 0.600. The molecule has 0 aliphatic carbocycles. The molecule has 21 heavy (non-hydrogen) atoms. The van der Waals surface area contributed by atoms with Gasteiger partial charge in [0.1, 0.15) is 5.69 Å². The van der Waals surface area contributed by atoms with Crippen LogP contribution < -0.4 is 15.4 Å². The fourth-order valence-electron chi connectivity index (χ4n) is 2.18. The Labute approximate surface area is 126 Å². The molecule has 1 heterocycles. The Morgan fingerprint density at radius 2 is 2.14 bits per heavy atom. The molecule has 0 aromatic carbocycles.